The van der Waals surface area contributed by atoms with Crippen LogP contribution in [-0.4, -0.2) is 11.2 Å². The van der Waals surface area contributed by atoms with Gasteiger partial charge in [0.1, 0.15) is 0 Å². The van der Waals surface area contributed by atoms with E-state index in [1.165, 1.54) is 69.8 Å². The summed E-state index contributed by atoms with van der Waals surface area (Å²) < 4.78 is 0. The van der Waals surface area contributed by atoms with E-state index >= 15 is 0 Å². The molecular weight excluding hydrogens is 376 g/mol. The van der Waals surface area contributed by atoms with Gasteiger partial charge < -0.3 is 5.11 Å². The van der Waals surface area contributed by atoms with Crippen molar-refractivity contribution in [1.29, 1.82) is 0 Å². The Morgan fingerprint density at radius 1 is 1.00 bits per heavy atom. The van der Waals surface area contributed by atoms with Gasteiger partial charge in [0.25, 0.3) is 0 Å². The molecule has 0 radical (unpaired) electrons. The summed E-state index contributed by atoms with van der Waals surface area (Å²) >= 11 is 0. The van der Waals surface area contributed by atoms with Gasteiger partial charge in [-0.2, -0.15) is 0 Å². The third-order valence-corrected chi connectivity index (χ3v) is 11.7. The lowest BCUT2D eigenvalue weighted by molar-refractivity contribution is -0.0962. The Hall–Kier alpha value is -0.560. The Morgan fingerprint density at radius 2 is 1.71 bits per heavy atom. The second kappa shape index (κ2) is 7.75. The van der Waals surface area contributed by atoms with Gasteiger partial charge in [-0.25, -0.2) is 0 Å². The Morgan fingerprint density at radius 3 is 2.39 bits per heavy atom. The summed E-state index contributed by atoms with van der Waals surface area (Å²) in [6.07, 6.45) is 14.0. The minimum Gasteiger partial charge on any atom is -0.393 e. The van der Waals surface area contributed by atoms with Gasteiger partial charge in [-0.3, -0.25) is 0 Å². The van der Waals surface area contributed by atoms with Gasteiger partial charge in [-0.05, 0) is 111 Å². The molecule has 7 atom stereocenters. The van der Waals surface area contributed by atoms with Crippen molar-refractivity contribution in [3.8, 4) is 0 Å². The van der Waals surface area contributed by atoms with Crippen LogP contribution in [0.2, 0.25) is 0 Å². The van der Waals surface area contributed by atoms with E-state index in [-0.39, 0.29) is 11.5 Å². The molecule has 0 spiro atoms. The van der Waals surface area contributed by atoms with E-state index in [0.29, 0.717) is 22.2 Å². The lowest BCUT2D eigenvalue weighted by Gasteiger charge is -2.62. The Labute approximate surface area is 193 Å². The van der Waals surface area contributed by atoms with E-state index in [1.54, 1.807) is 0 Å². The van der Waals surface area contributed by atoms with Crippen LogP contribution in [0.1, 0.15) is 119 Å². The number of rotatable bonds is 5. The van der Waals surface area contributed by atoms with Gasteiger partial charge in [0.05, 0.1) is 6.10 Å². The van der Waals surface area contributed by atoms with Crippen molar-refractivity contribution in [2.24, 2.45) is 39.4 Å². The molecule has 2 fully saturated rings. The van der Waals surface area contributed by atoms with E-state index in [0.717, 1.165) is 18.3 Å². The van der Waals surface area contributed by atoms with E-state index in [4.69, 9.17) is 0 Å². The van der Waals surface area contributed by atoms with Crippen molar-refractivity contribution in [3.63, 3.8) is 0 Å². The van der Waals surface area contributed by atoms with Crippen molar-refractivity contribution in [1.82, 2.24) is 0 Å². The molecule has 176 valence electrons. The van der Waals surface area contributed by atoms with Crippen LogP contribution in [0.3, 0.4) is 0 Å². The minimum absolute atomic E-state index is 0.0448. The SMILES string of the molecule is C=C(C)CCCC(C)C1CCC2(C)C3=C(CCC12C)C1(C)CCC(O)C(C)(C)C1CC3. The quantitative estimate of drug-likeness (QED) is 0.437. The molecule has 0 amide bonds. The third-order valence-electron chi connectivity index (χ3n) is 11.7. The zero-order valence-electron chi connectivity index (χ0n) is 21.7. The molecule has 0 aliphatic heterocycles. The maximum absolute atomic E-state index is 10.8. The van der Waals surface area contributed by atoms with Crippen molar-refractivity contribution in [2.45, 2.75) is 125 Å². The first kappa shape index (κ1) is 23.6. The second-order valence-electron chi connectivity index (χ2n) is 13.6. The van der Waals surface area contributed by atoms with Crippen LogP contribution in [0, 0.1) is 39.4 Å². The average Bonchev–Trinajstić information content (AvgIpc) is 2.96. The predicted molar refractivity (Wildman–Crippen MR) is 133 cm³/mol. The van der Waals surface area contributed by atoms with Gasteiger partial charge in [-0.1, -0.05) is 64.7 Å². The van der Waals surface area contributed by atoms with E-state index in [9.17, 15) is 5.11 Å². The molecule has 31 heavy (non-hydrogen) atoms. The molecule has 0 heterocycles. The number of fused-ring (bicyclic) bond motifs is 4. The first-order valence-electron chi connectivity index (χ1n) is 13.4. The van der Waals surface area contributed by atoms with E-state index in [1.807, 2.05) is 11.1 Å². The van der Waals surface area contributed by atoms with Crippen LogP contribution >= 0.6 is 0 Å². The number of allylic oxidation sites excluding steroid dienone is 3. The third kappa shape index (κ3) is 3.34. The molecule has 0 saturated heterocycles. The topological polar surface area (TPSA) is 20.2 Å². The summed E-state index contributed by atoms with van der Waals surface area (Å²) in [4.78, 5) is 0. The summed E-state index contributed by atoms with van der Waals surface area (Å²) in [5.41, 5.74) is 6.27. The number of aliphatic hydroxyl groups excluding tert-OH is 1. The zero-order valence-corrected chi connectivity index (χ0v) is 21.7. The van der Waals surface area contributed by atoms with Gasteiger partial charge in [0.2, 0.25) is 0 Å². The predicted octanol–water partition coefficient (Wildman–Crippen LogP) is 8.48. The molecule has 4 rings (SSSR count). The van der Waals surface area contributed by atoms with Gasteiger partial charge >= 0.3 is 0 Å². The summed E-state index contributed by atoms with van der Waals surface area (Å²) in [6, 6.07) is 0. The molecule has 2 saturated carbocycles. The summed E-state index contributed by atoms with van der Waals surface area (Å²) in [5, 5.41) is 10.8. The average molecular weight is 427 g/mol. The molecule has 4 aliphatic carbocycles. The van der Waals surface area contributed by atoms with Crippen LogP contribution in [0.4, 0.5) is 0 Å². The lowest BCUT2D eigenvalue weighted by atomic mass is 9.43. The fraction of sp³-hybridized carbons (Fsp3) is 0.867. The standard InChI is InChI=1S/C30H50O/c1-20(2)10-9-11-21(3)22-14-18-30(8)24-12-13-25-27(4,5)26(31)16-17-28(25,6)23(24)15-19-29(22,30)7/h21-22,25-26,31H,1,9-19H2,2-8H3. The molecule has 1 heteroatoms. The first-order valence-corrected chi connectivity index (χ1v) is 13.4. The maximum Gasteiger partial charge on any atom is 0.0594 e. The van der Waals surface area contributed by atoms with Gasteiger partial charge in [0, 0.05) is 0 Å². The first-order chi connectivity index (χ1) is 14.4. The normalized spacial score (nSPS) is 45.0. The summed E-state index contributed by atoms with van der Waals surface area (Å²) in [6.45, 7) is 21.5. The Kier molecular flexibility index (Phi) is 5.90. The molecule has 1 nitrogen and oxygen atoms in total. The van der Waals surface area contributed by atoms with Crippen LogP contribution < -0.4 is 0 Å². The monoisotopic (exact) mass is 426 g/mol. The smallest absolute Gasteiger partial charge is 0.0594 e. The van der Waals surface area contributed by atoms with E-state index < -0.39 is 0 Å². The number of hydrogen-bond donors (Lipinski definition) is 1. The zero-order chi connectivity index (χ0) is 22.8. The van der Waals surface area contributed by atoms with Crippen LogP contribution in [0.25, 0.3) is 0 Å². The summed E-state index contributed by atoms with van der Waals surface area (Å²) in [5.74, 6) is 2.32. The largest absolute Gasteiger partial charge is 0.393 e. The highest BCUT2D eigenvalue weighted by atomic mass is 16.3. The highest BCUT2D eigenvalue weighted by Crippen LogP contribution is 2.72. The lowest BCUT2D eigenvalue weighted by Crippen LogP contribution is -2.55. The fourth-order valence-corrected chi connectivity index (χ4v) is 9.56. The maximum atomic E-state index is 10.8. The van der Waals surface area contributed by atoms with Gasteiger partial charge in [0.15, 0.2) is 0 Å². The minimum atomic E-state index is -0.131. The highest BCUT2D eigenvalue weighted by molar-refractivity contribution is 5.38. The molecular formula is C30H50O. The molecule has 4 aliphatic rings. The van der Waals surface area contributed by atoms with Crippen molar-refractivity contribution < 1.29 is 5.11 Å². The van der Waals surface area contributed by atoms with Crippen LogP contribution in [-0.2, 0) is 0 Å². The van der Waals surface area contributed by atoms with Crippen LogP contribution in [0.5, 0.6) is 0 Å². The van der Waals surface area contributed by atoms with Crippen LogP contribution in [0.15, 0.2) is 23.3 Å². The molecule has 0 aromatic carbocycles. The van der Waals surface area contributed by atoms with Crippen molar-refractivity contribution >= 4 is 0 Å². The second-order valence-corrected chi connectivity index (χ2v) is 13.6. The number of aliphatic hydroxyl groups is 1. The Balaban J connectivity index is 1.63. The highest BCUT2D eigenvalue weighted by Gasteiger charge is 2.63. The molecule has 1 N–H and O–H groups in total. The molecule has 0 aromatic rings. The molecule has 7 unspecified atom stereocenters. The molecule has 0 bridgehead atoms. The fourth-order valence-electron chi connectivity index (χ4n) is 9.56. The van der Waals surface area contributed by atoms with Crippen molar-refractivity contribution in [3.05, 3.63) is 23.3 Å². The molecule has 0 aromatic heterocycles. The number of hydrogen-bond acceptors (Lipinski definition) is 1. The Bertz CT molecular complexity index is 758. The van der Waals surface area contributed by atoms with E-state index in [2.05, 4.69) is 55.0 Å². The summed E-state index contributed by atoms with van der Waals surface area (Å²) in [7, 11) is 0. The van der Waals surface area contributed by atoms with Gasteiger partial charge in [-0.15, -0.1) is 6.58 Å². The van der Waals surface area contributed by atoms with Crippen molar-refractivity contribution in [2.75, 3.05) is 0 Å².